The normalized spacial score (nSPS) is 32.9. The van der Waals surface area contributed by atoms with Gasteiger partial charge in [-0.3, -0.25) is 9.59 Å². The number of hydrogen-bond donors (Lipinski definition) is 1. The fraction of sp³-hybridized carbons (Fsp3) is 0.595. The summed E-state index contributed by atoms with van der Waals surface area (Å²) in [6.07, 6.45) is 9.66. The van der Waals surface area contributed by atoms with Gasteiger partial charge in [0.15, 0.2) is 9.04 Å². The molecule has 98 heavy (non-hydrogen) atoms. The van der Waals surface area contributed by atoms with Crippen molar-refractivity contribution in [1.29, 1.82) is 0 Å². The van der Waals surface area contributed by atoms with Crippen LogP contribution in [0.4, 0.5) is 0 Å². The van der Waals surface area contributed by atoms with Crippen LogP contribution in [0.25, 0.3) is 0 Å². The maximum Gasteiger partial charge on any atom is 0.331 e. The number of benzene rings is 4. The molecule has 4 aromatic rings. The van der Waals surface area contributed by atoms with E-state index in [0.29, 0.717) is 31.5 Å². The molecule has 0 aromatic heterocycles. The first kappa shape index (κ1) is 81.7. The average molecular weight is 1500 g/mol. The molecule has 0 spiro atoms. The number of rotatable bonds is 16. The van der Waals surface area contributed by atoms with Crippen molar-refractivity contribution in [2.75, 3.05) is 13.2 Å². The number of ketones is 2. The Bertz CT molecular complexity index is 3530. The maximum atomic E-state index is 14.3. The van der Waals surface area contributed by atoms with Crippen LogP contribution in [0, 0.1) is 68.0 Å². The van der Waals surface area contributed by atoms with Crippen molar-refractivity contribution in [2.45, 2.75) is 216 Å². The fourth-order valence-corrected chi connectivity index (χ4v) is 35.4. The smallest absolute Gasteiger partial charge is 0.331 e. The van der Waals surface area contributed by atoms with Crippen molar-refractivity contribution in [3.8, 4) is 0 Å². The van der Waals surface area contributed by atoms with Crippen LogP contribution in [0.3, 0.4) is 0 Å². The zero-order valence-corrected chi connectivity index (χ0v) is 68.6. The number of ether oxygens (including phenoxy) is 2. The van der Waals surface area contributed by atoms with Crippen LogP contribution in [0.1, 0.15) is 169 Å². The third-order valence-corrected chi connectivity index (χ3v) is 42.7. The van der Waals surface area contributed by atoms with Crippen LogP contribution in [-0.4, -0.2) is 91.9 Å². The number of carbonyl (C=O) groups excluding carboxylic acids is 4. The van der Waals surface area contributed by atoms with Gasteiger partial charge >= 0.3 is 11.9 Å². The highest BCUT2D eigenvalue weighted by molar-refractivity contribution is 8.64. The molecule has 6 saturated carbocycles. The second kappa shape index (κ2) is 32.6. The molecule has 4 bridgehead atoms. The Balaban J connectivity index is 0.000000253. The molecule has 2 unspecified atom stereocenters. The fourth-order valence-electron chi connectivity index (χ4n) is 19.8. The summed E-state index contributed by atoms with van der Waals surface area (Å²) in [6.45, 7) is 43.4. The number of hydrogen-bond acceptors (Lipinski definition) is 12. The van der Waals surface area contributed by atoms with E-state index in [2.05, 4.69) is 187 Å². The topological polar surface area (TPSA) is 135 Å². The lowest BCUT2D eigenvalue weighted by Gasteiger charge is -2.62. The summed E-state index contributed by atoms with van der Waals surface area (Å²) in [5, 5.41) is 15.8. The van der Waals surface area contributed by atoms with Crippen LogP contribution in [-0.2, 0) is 99.8 Å². The minimum absolute atomic E-state index is 0. The molecule has 6 aliphatic carbocycles. The Kier molecular flexibility index (Phi) is 27.2. The molecule has 538 valence electrons. The number of aliphatic hydroxyl groups is 1. The molecule has 0 radical (unpaired) electrons. The molecule has 10 rings (SSSR count). The van der Waals surface area contributed by atoms with Crippen molar-refractivity contribution in [2.24, 2.45) is 68.0 Å². The molecule has 1 N–H and O–H groups in total. The quantitative estimate of drug-likeness (QED) is 0.0650. The van der Waals surface area contributed by atoms with E-state index in [1.807, 2.05) is 91.9 Å². The van der Waals surface area contributed by atoms with E-state index < -0.39 is 71.6 Å². The van der Waals surface area contributed by atoms with Gasteiger partial charge in [-0.1, -0.05) is 238 Å². The van der Waals surface area contributed by atoms with Crippen LogP contribution in [0.15, 0.2) is 147 Å². The number of Topliss-reactive ketones (excluding diaryl/α,β-unsaturated/α-hetero) is 2. The highest BCUT2D eigenvalue weighted by atomic mass is 33.3. The van der Waals surface area contributed by atoms with Crippen molar-refractivity contribution in [3.63, 3.8) is 0 Å². The summed E-state index contributed by atoms with van der Waals surface area (Å²) in [7, 11) is -1.71. The number of aliphatic hydroxyl groups excluding tert-OH is 1. The molecule has 10 nitrogen and oxygen atoms in total. The first-order chi connectivity index (χ1) is 45.6. The molecule has 0 aliphatic heterocycles. The summed E-state index contributed by atoms with van der Waals surface area (Å²) in [4.78, 5) is 56.2. The predicted octanol–water partition coefficient (Wildman–Crippen LogP) is 14.6. The lowest BCUT2D eigenvalue weighted by atomic mass is 9.44. The zero-order valence-electron chi connectivity index (χ0n) is 60.5. The first-order valence-electron chi connectivity index (χ1n) is 35.1. The lowest BCUT2D eigenvalue weighted by molar-refractivity contribution is -0.207. The summed E-state index contributed by atoms with van der Waals surface area (Å²) in [6, 6.07) is 41.3. The highest BCUT2D eigenvalue weighted by Crippen LogP contribution is 2.70. The van der Waals surface area contributed by atoms with E-state index in [4.69, 9.17) is 22.8 Å². The zero-order chi connectivity index (χ0) is 71.4. The summed E-state index contributed by atoms with van der Waals surface area (Å²) in [5.41, 5.74) is -2.64. The molecule has 4 aromatic carbocycles. The van der Waals surface area contributed by atoms with Crippen molar-refractivity contribution >= 4 is 128 Å². The van der Waals surface area contributed by atoms with Gasteiger partial charge < -0.3 is 27.9 Å². The Morgan fingerprint density at radius 2 is 0.898 bits per heavy atom. The van der Waals surface area contributed by atoms with Gasteiger partial charge in [0.05, 0.1) is 12.2 Å². The third kappa shape index (κ3) is 15.2. The standard InChI is InChI=1S/C40H58O5Si2.C38H52O5Si.CH4.S6/c1-11-38(7)26-33(39(8)28(2)22-24-40(25-23-32(41)35(39)40)29(3)36(38)45-46(9)10)44-34(42)27-43-47(37(4,5)6,30-18-14-12-15-19-30)31-20-16-13-17-21-31;1-9-36(7)24-31(37(8)26(2)20-22-38(27(3)34(36)41)23-21-30(39)33(37)38)43-32(40)25-42-44(35(4,5)6,28-16-12-10-13-17-28)29-18-14-11-15-19-29;;1-3-5-6-4-2/h11-21,28-29,33,35-36,46H,1,22-27H2,2-10H3;9-19,26-27,31,33-34,41H,1,20-25H2,2-8H3;1H4;/t28-,29+,33-,35?,36+,38-,39+,40+;26-,27+,31-,33?,34+,36-,37+,38+;;/m11../s1. The van der Waals surface area contributed by atoms with Crippen molar-refractivity contribution in [3.05, 3.63) is 147 Å². The van der Waals surface area contributed by atoms with E-state index in [9.17, 15) is 24.3 Å². The van der Waals surface area contributed by atoms with Gasteiger partial charge in [-0.2, -0.15) is 0 Å². The Morgan fingerprint density at radius 1 is 0.571 bits per heavy atom. The average Bonchev–Trinajstić information content (AvgIpc) is 1.40. The molecule has 6 fully saturated rings. The minimum atomic E-state index is -2.95. The lowest BCUT2D eigenvalue weighted by Crippen LogP contribution is -2.67. The van der Waals surface area contributed by atoms with Gasteiger partial charge in [-0.05, 0) is 130 Å². The van der Waals surface area contributed by atoms with Gasteiger partial charge in [-0.15, -0.1) is 13.2 Å². The van der Waals surface area contributed by atoms with Crippen LogP contribution in [0.2, 0.25) is 23.2 Å². The maximum absolute atomic E-state index is 14.3. The predicted molar refractivity (Wildman–Crippen MR) is 425 cm³/mol. The minimum Gasteiger partial charge on any atom is -0.460 e. The Hall–Kier alpha value is -3.55. The second-order valence-electron chi connectivity index (χ2n) is 32.5. The van der Waals surface area contributed by atoms with E-state index in [-0.39, 0.29) is 94.9 Å². The van der Waals surface area contributed by atoms with Crippen LogP contribution in [0.5, 0.6) is 0 Å². The molecule has 0 heterocycles. The largest absolute Gasteiger partial charge is 0.460 e. The molecule has 16 atom stereocenters. The Labute approximate surface area is 613 Å². The molecule has 0 amide bonds. The second-order valence-corrected chi connectivity index (χ2v) is 50.5. The number of esters is 2. The van der Waals surface area contributed by atoms with Gasteiger partial charge in [0.2, 0.25) is 0 Å². The first-order valence-corrected chi connectivity index (χ1v) is 48.4. The summed E-state index contributed by atoms with van der Waals surface area (Å²) in [5.74, 6) is -0.107. The molecule has 6 aliphatic rings. The number of carbonyl (C=O) groups is 4. The van der Waals surface area contributed by atoms with E-state index in [1.54, 1.807) is 0 Å². The van der Waals surface area contributed by atoms with E-state index >= 15 is 0 Å². The molecular weight excluding hydrogens is 1390 g/mol. The van der Waals surface area contributed by atoms with Crippen molar-refractivity contribution < 1.29 is 47.0 Å². The molecule has 19 heteroatoms. The van der Waals surface area contributed by atoms with Gasteiger partial charge in [0, 0.05) is 104 Å². The highest BCUT2D eigenvalue weighted by Gasteiger charge is 2.70. The van der Waals surface area contributed by atoms with E-state index in [1.165, 1.54) is 35.5 Å². The van der Waals surface area contributed by atoms with Gasteiger partial charge in [0.1, 0.15) is 37.0 Å². The molecule has 0 saturated heterocycles. The summed E-state index contributed by atoms with van der Waals surface area (Å²) >= 11 is 9.03. The molecular formula is C79H114O10S6Si3. The monoisotopic (exact) mass is 1500 g/mol. The summed E-state index contributed by atoms with van der Waals surface area (Å²) < 4.78 is 34.1. The third-order valence-electron chi connectivity index (χ3n) is 25.3. The van der Waals surface area contributed by atoms with Crippen molar-refractivity contribution in [1.82, 2.24) is 0 Å². The van der Waals surface area contributed by atoms with E-state index in [0.717, 1.165) is 59.3 Å². The Morgan fingerprint density at radius 3 is 1.20 bits per heavy atom. The van der Waals surface area contributed by atoms with Gasteiger partial charge in [-0.25, -0.2) is 9.59 Å². The van der Waals surface area contributed by atoms with Gasteiger partial charge in [0.25, 0.3) is 16.6 Å². The SMILES string of the molecule is C.C=C[C@]1(C)C[C@@H](OC(=O)CO[Si](c2ccccc2)(c2ccccc2)C(C)(C)C)[C@@]2(C)C3C(=O)CC[C@@]3(CC[C@H]2C)[C@@H](C)[C@@H]1O.C=C[C@]1(C)C[C@@H](OC(=O)CO[Si](c2ccccc2)(c2ccccc2)C(C)(C)C)[C@@]2(C)C3C(=O)CC[C@@]3(CC[C@H]2C)[C@@H](C)[C@@H]1O[SiH](C)C.S=S=S=S=S=S. The van der Waals surface area contributed by atoms with Crippen LogP contribution < -0.4 is 20.7 Å². The van der Waals surface area contributed by atoms with Crippen LogP contribution >= 0.6 is 0 Å².